The third kappa shape index (κ3) is 2.55. The lowest BCUT2D eigenvalue weighted by Gasteiger charge is -2.13. The lowest BCUT2D eigenvalue weighted by Crippen LogP contribution is -2.36. The lowest BCUT2D eigenvalue weighted by atomic mass is 10.1. The summed E-state index contributed by atoms with van der Waals surface area (Å²) in [5.74, 6) is 0. The second kappa shape index (κ2) is 3.55. The molecule has 3 unspecified atom stereocenters. The molecule has 0 aliphatic heterocycles. The maximum atomic E-state index is 9.60. The Kier molecular flexibility index (Phi) is 3.37. The standard InChI is InChI=1S/C5H9O4/c1-3(7)5(9)4(8)2-6/h3-5,7-9H,1H3. The number of carbonyl (C=O) groups excluding carboxylic acids is 1. The van der Waals surface area contributed by atoms with Gasteiger partial charge in [0.25, 0.3) is 0 Å². The highest BCUT2D eigenvalue weighted by Crippen LogP contribution is 1.95. The summed E-state index contributed by atoms with van der Waals surface area (Å²) in [6, 6.07) is 0. The van der Waals surface area contributed by atoms with Crippen LogP contribution in [0.1, 0.15) is 6.92 Å². The Hall–Kier alpha value is -0.450. The van der Waals surface area contributed by atoms with Crippen molar-refractivity contribution >= 4 is 6.29 Å². The molecule has 3 N–H and O–H groups in total. The minimum atomic E-state index is -1.61. The van der Waals surface area contributed by atoms with E-state index in [0.29, 0.717) is 0 Å². The molecule has 0 saturated carbocycles. The predicted molar refractivity (Wildman–Crippen MR) is 29.4 cm³/mol. The number of rotatable bonds is 3. The molecule has 0 aromatic heterocycles. The van der Waals surface area contributed by atoms with Crippen LogP contribution in [-0.4, -0.2) is 39.9 Å². The molecule has 1 radical (unpaired) electrons. The van der Waals surface area contributed by atoms with Gasteiger partial charge in [0.1, 0.15) is 12.2 Å². The van der Waals surface area contributed by atoms with Crippen LogP contribution in [0, 0.1) is 0 Å². The molecule has 0 heterocycles. The largest absolute Gasteiger partial charge is 0.391 e. The molecule has 4 heteroatoms. The molecule has 0 amide bonds. The summed E-state index contributed by atoms with van der Waals surface area (Å²) in [4.78, 5) is 9.60. The van der Waals surface area contributed by atoms with E-state index in [2.05, 4.69) is 0 Å². The second-order valence-corrected chi connectivity index (χ2v) is 1.79. The number of hydrogen-bond donors (Lipinski definition) is 3. The zero-order valence-electron chi connectivity index (χ0n) is 4.98. The first-order chi connectivity index (χ1) is 4.09. The molecule has 4 nitrogen and oxygen atoms in total. The molecule has 53 valence electrons. The van der Waals surface area contributed by atoms with E-state index in [0.717, 1.165) is 6.29 Å². The van der Waals surface area contributed by atoms with Crippen LogP contribution in [0.5, 0.6) is 0 Å². The Bertz CT molecular complexity index is 91.0. The molecule has 0 aliphatic carbocycles. The monoisotopic (exact) mass is 133 g/mol. The summed E-state index contributed by atoms with van der Waals surface area (Å²) in [5.41, 5.74) is 0. The highest BCUT2D eigenvalue weighted by atomic mass is 16.4. The van der Waals surface area contributed by atoms with Gasteiger partial charge in [-0.1, -0.05) is 0 Å². The van der Waals surface area contributed by atoms with Gasteiger partial charge in [-0.05, 0) is 6.92 Å². The van der Waals surface area contributed by atoms with Crippen LogP contribution >= 0.6 is 0 Å². The zero-order valence-corrected chi connectivity index (χ0v) is 4.98. The van der Waals surface area contributed by atoms with Gasteiger partial charge in [-0.25, -0.2) is 0 Å². The third-order valence-corrected chi connectivity index (χ3v) is 0.938. The van der Waals surface area contributed by atoms with E-state index in [1.807, 2.05) is 0 Å². The van der Waals surface area contributed by atoms with Crippen LogP contribution in [0.4, 0.5) is 0 Å². The molecule has 9 heavy (non-hydrogen) atoms. The van der Waals surface area contributed by atoms with Crippen molar-refractivity contribution in [2.45, 2.75) is 25.2 Å². The van der Waals surface area contributed by atoms with E-state index in [1.54, 1.807) is 0 Å². The summed E-state index contributed by atoms with van der Waals surface area (Å²) in [6.07, 6.45) is -3.00. The fourth-order valence-electron chi connectivity index (χ4n) is 0.334. The van der Waals surface area contributed by atoms with Gasteiger partial charge in [-0.3, -0.25) is 4.79 Å². The first kappa shape index (κ1) is 8.55. The highest BCUT2D eigenvalue weighted by molar-refractivity contribution is 5.57. The summed E-state index contributed by atoms with van der Waals surface area (Å²) in [7, 11) is 0. The van der Waals surface area contributed by atoms with Gasteiger partial charge < -0.3 is 15.3 Å². The number of aliphatic hydroxyl groups is 3. The Balaban J connectivity index is 3.71. The second-order valence-electron chi connectivity index (χ2n) is 1.79. The molecule has 0 aromatic rings. The maximum absolute atomic E-state index is 9.60. The SMILES string of the molecule is CC(O)C(O)C(O)[C]=O. The van der Waals surface area contributed by atoms with E-state index in [-0.39, 0.29) is 0 Å². The predicted octanol–water partition coefficient (Wildman–Crippen LogP) is -1.80. The minimum Gasteiger partial charge on any atom is -0.391 e. The van der Waals surface area contributed by atoms with Crippen LogP contribution in [0.2, 0.25) is 0 Å². The van der Waals surface area contributed by atoms with Crippen LogP contribution in [0.25, 0.3) is 0 Å². The molecule has 0 spiro atoms. The maximum Gasteiger partial charge on any atom is 0.232 e. The van der Waals surface area contributed by atoms with Gasteiger partial charge in [-0.2, -0.15) is 0 Å². The Morgan fingerprint density at radius 1 is 1.33 bits per heavy atom. The van der Waals surface area contributed by atoms with Crippen LogP contribution in [-0.2, 0) is 4.79 Å². The normalized spacial score (nSPS) is 20.4. The van der Waals surface area contributed by atoms with Crippen molar-refractivity contribution in [3.05, 3.63) is 0 Å². The van der Waals surface area contributed by atoms with Crippen LogP contribution < -0.4 is 0 Å². The van der Waals surface area contributed by atoms with Gasteiger partial charge in [0, 0.05) is 0 Å². The van der Waals surface area contributed by atoms with Crippen LogP contribution in [0.15, 0.2) is 0 Å². The van der Waals surface area contributed by atoms with Gasteiger partial charge in [0.2, 0.25) is 6.29 Å². The average molecular weight is 133 g/mol. The Morgan fingerprint density at radius 3 is 1.89 bits per heavy atom. The lowest BCUT2D eigenvalue weighted by molar-refractivity contribution is -0.0262. The molecule has 0 fully saturated rings. The fourth-order valence-corrected chi connectivity index (χ4v) is 0.334. The average Bonchev–Trinajstić information content (AvgIpc) is 1.84. The molecule has 0 aromatic carbocycles. The van der Waals surface area contributed by atoms with Gasteiger partial charge in [-0.15, -0.1) is 0 Å². The van der Waals surface area contributed by atoms with Crippen molar-refractivity contribution in [3.8, 4) is 0 Å². The molecular formula is C5H9O4. The molecule has 0 aliphatic rings. The molecular weight excluding hydrogens is 124 g/mol. The number of hydrogen-bond acceptors (Lipinski definition) is 4. The number of aliphatic hydroxyl groups excluding tert-OH is 3. The van der Waals surface area contributed by atoms with Crippen molar-refractivity contribution in [3.63, 3.8) is 0 Å². The Morgan fingerprint density at radius 2 is 1.78 bits per heavy atom. The van der Waals surface area contributed by atoms with Gasteiger partial charge in [0.05, 0.1) is 6.10 Å². The van der Waals surface area contributed by atoms with E-state index in [4.69, 9.17) is 15.3 Å². The summed E-state index contributed by atoms with van der Waals surface area (Å²) in [5, 5.41) is 25.6. The summed E-state index contributed by atoms with van der Waals surface area (Å²) in [6.45, 7) is 1.27. The fraction of sp³-hybridized carbons (Fsp3) is 0.800. The minimum absolute atomic E-state index is 1.11. The van der Waals surface area contributed by atoms with E-state index >= 15 is 0 Å². The molecule has 0 saturated heterocycles. The summed E-state index contributed by atoms with van der Waals surface area (Å²) >= 11 is 0. The van der Waals surface area contributed by atoms with Crippen molar-refractivity contribution in [1.29, 1.82) is 0 Å². The van der Waals surface area contributed by atoms with Gasteiger partial charge in [0.15, 0.2) is 0 Å². The summed E-state index contributed by atoms with van der Waals surface area (Å²) < 4.78 is 0. The Labute approximate surface area is 52.7 Å². The molecule has 0 rings (SSSR count). The zero-order chi connectivity index (χ0) is 7.44. The smallest absolute Gasteiger partial charge is 0.232 e. The van der Waals surface area contributed by atoms with Crippen LogP contribution in [0.3, 0.4) is 0 Å². The third-order valence-electron chi connectivity index (χ3n) is 0.938. The first-order valence-corrected chi connectivity index (χ1v) is 2.51. The molecule has 3 atom stereocenters. The van der Waals surface area contributed by atoms with E-state index in [1.165, 1.54) is 6.92 Å². The molecule has 0 bridgehead atoms. The quantitative estimate of drug-likeness (QED) is 0.424. The van der Waals surface area contributed by atoms with Gasteiger partial charge >= 0.3 is 0 Å². The van der Waals surface area contributed by atoms with E-state index in [9.17, 15) is 4.79 Å². The van der Waals surface area contributed by atoms with Crippen molar-refractivity contribution in [2.75, 3.05) is 0 Å². The van der Waals surface area contributed by atoms with Crippen molar-refractivity contribution in [1.82, 2.24) is 0 Å². The first-order valence-electron chi connectivity index (χ1n) is 2.51. The van der Waals surface area contributed by atoms with E-state index < -0.39 is 18.3 Å². The highest BCUT2D eigenvalue weighted by Gasteiger charge is 2.20. The topological polar surface area (TPSA) is 77.8 Å². The van der Waals surface area contributed by atoms with Crippen molar-refractivity contribution < 1.29 is 20.1 Å². The van der Waals surface area contributed by atoms with Crippen molar-refractivity contribution in [2.24, 2.45) is 0 Å².